The normalized spacial score (nSPS) is 27.1. The first-order chi connectivity index (χ1) is 7.63. The van der Waals surface area contributed by atoms with Crippen molar-refractivity contribution in [2.45, 2.75) is 51.6 Å². The van der Waals surface area contributed by atoms with Crippen LogP contribution >= 0.6 is 0 Å². The summed E-state index contributed by atoms with van der Waals surface area (Å²) in [6.45, 7) is 8.36. The first kappa shape index (κ1) is 13.2. The van der Waals surface area contributed by atoms with Crippen LogP contribution in [-0.4, -0.2) is 24.5 Å². The van der Waals surface area contributed by atoms with Crippen molar-refractivity contribution in [3.8, 4) is 0 Å². The molecule has 0 aliphatic heterocycles. The zero-order valence-corrected chi connectivity index (χ0v) is 10.5. The molecule has 3 heteroatoms. The number of carbonyl (C=O) groups is 1. The zero-order chi connectivity index (χ0) is 12.0. The maximum atomic E-state index is 11.6. The van der Waals surface area contributed by atoms with E-state index in [1.54, 1.807) is 6.08 Å². The zero-order valence-electron chi connectivity index (χ0n) is 10.5. The van der Waals surface area contributed by atoms with E-state index < -0.39 is 0 Å². The van der Waals surface area contributed by atoms with Crippen LogP contribution in [0.1, 0.15) is 39.5 Å². The molecule has 1 rings (SSSR count). The van der Waals surface area contributed by atoms with Crippen molar-refractivity contribution in [3.63, 3.8) is 0 Å². The van der Waals surface area contributed by atoms with Crippen LogP contribution in [0, 0.1) is 5.92 Å². The lowest BCUT2D eigenvalue weighted by atomic mass is 9.87. The molecule has 0 unspecified atom stereocenters. The molecule has 1 aliphatic carbocycles. The maximum absolute atomic E-state index is 11.6. The Morgan fingerprint density at radius 2 is 2.06 bits per heavy atom. The van der Waals surface area contributed by atoms with Gasteiger partial charge in [0.25, 0.3) is 0 Å². The average Bonchev–Trinajstić information content (AvgIpc) is 2.29. The molecular weight excluding hydrogens is 200 g/mol. The molecule has 3 nitrogen and oxygen atoms in total. The van der Waals surface area contributed by atoms with E-state index in [0.717, 1.165) is 5.92 Å². The molecule has 1 fully saturated rings. The fourth-order valence-corrected chi connectivity index (χ4v) is 2.18. The molecule has 16 heavy (non-hydrogen) atoms. The van der Waals surface area contributed by atoms with Crippen LogP contribution < -0.4 is 10.6 Å². The molecule has 0 radical (unpaired) electrons. The number of rotatable bonds is 5. The van der Waals surface area contributed by atoms with Gasteiger partial charge in [-0.25, -0.2) is 0 Å². The third kappa shape index (κ3) is 4.35. The van der Waals surface area contributed by atoms with E-state index in [4.69, 9.17) is 0 Å². The summed E-state index contributed by atoms with van der Waals surface area (Å²) < 4.78 is 0. The Kier molecular flexibility index (Phi) is 5.53. The highest BCUT2D eigenvalue weighted by atomic mass is 16.2. The van der Waals surface area contributed by atoms with E-state index in [9.17, 15) is 4.79 Å². The predicted molar refractivity (Wildman–Crippen MR) is 67.2 cm³/mol. The average molecular weight is 224 g/mol. The second kappa shape index (κ2) is 6.69. The van der Waals surface area contributed by atoms with E-state index in [-0.39, 0.29) is 11.9 Å². The van der Waals surface area contributed by atoms with Crippen molar-refractivity contribution in [2.24, 2.45) is 5.92 Å². The lowest BCUT2D eigenvalue weighted by Crippen LogP contribution is -2.47. The van der Waals surface area contributed by atoms with E-state index >= 15 is 0 Å². The first-order valence-electron chi connectivity index (χ1n) is 6.28. The third-order valence-electron chi connectivity index (χ3n) is 3.32. The number of amides is 1. The second-order valence-corrected chi connectivity index (χ2v) is 4.88. The van der Waals surface area contributed by atoms with Crippen molar-refractivity contribution in [1.29, 1.82) is 0 Å². The van der Waals surface area contributed by atoms with E-state index in [1.165, 1.54) is 25.7 Å². The van der Waals surface area contributed by atoms with Crippen LogP contribution in [0.2, 0.25) is 0 Å². The lowest BCUT2D eigenvalue weighted by Gasteiger charge is -2.29. The third-order valence-corrected chi connectivity index (χ3v) is 3.32. The van der Waals surface area contributed by atoms with Crippen LogP contribution in [0.3, 0.4) is 0 Å². The van der Waals surface area contributed by atoms with Crippen LogP contribution in [0.4, 0.5) is 0 Å². The Hall–Kier alpha value is -0.830. The molecule has 0 aromatic heterocycles. The summed E-state index contributed by atoms with van der Waals surface area (Å²) in [7, 11) is 0. The standard InChI is InChI=1S/C13H24N2O/c1-4-9-14-13(16)11(3)15-12-7-5-10(2)6-8-12/h4,10-12,15H,1,5-9H2,2-3H3,(H,14,16)/t10?,11-,12?/m0/s1. The summed E-state index contributed by atoms with van der Waals surface area (Å²) in [5.74, 6) is 0.918. The van der Waals surface area contributed by atoms with Gasteiger partial charge in [0, 0.05) is 12.6 Å². The van der Waals surface area contributed by atoms with Crippen LogP contribution in [0.5, 0.6) is 0 Å². The summed E-state index contributed by atoms with van der Waals surface area (Å²) in [5, 5.41) is 6.21. The van der Waals surface area contributed by atoms with E-state index in [2.05, 4.69) is 24.1 Å². The van der Waals surface area contributed by atoms with Gasteiger partial charge < -0.3 is 10.6 Å². The molecule has 0 bridgehead atoms. The Morgan fingerprint density at radius 3 is 2.62 bits per heavy atom. The minimum Gasteiger partial charge on any atom is -0.351 e. The van der Waals surface area contributed by atoms with Gasteiger partial charge in [0.05, 0.1) is 6.04 Å². The van der Waals surface area contributed by atoms with Gasteiger partial charge in [-0.05, 0) is 38.5 Å². The number of carbonyl (C=O) groups excluding carboxylic acids is 1. The fraction of sp³-hybridized carbons (Fsp3) is 0.769. The van der Waals surface area contributed by atoms with Gasteiger partial charge >= 0.3 is 0 Å². The van der Waals surface area contributed by atoms with Crippen molar-refractivity contribution in [1.82, 2.24) is 10.6 Å². The summed E-state index contributed by atoms with van der Waals surface area (Å²) in [4.78, 5) is 11.6. The first-order valence-corrected chi connectivity index (χ1v) is 6.28. The van der Waals surface area contributed by atoms with Gasteiger partial charge in [-0.3, -0.25) is 4.79 Å². The van der Waals surface area contributed by atoms with Gasteiger partial charge in [0.15, 0.2) is 0 Å². The fourth-order valence-electron chi connectivity index (χ4n) is 2.18. The summed E-state index contributed by atoms with van der Waals surface area (Å²) >= 11 is 0. The topological polar surface area (TPSA) is 41.1 Å². The molecule has 1 saturated carbocycles. The van der Waals surface area contributed by atoms with E-state index in [0.29, 0.717) is 12.6 Å². The molecule has 1 atom stereocenters. The maximum Gasteiger partial charge on any atom is 0.237 e. The second-order valence-electron chi connectivity index (χ2n) is 4.88. The van der Waals surface area contributed by atoms with Crippen LogP contribution in [-0.2, 0) is 4.79 Å². The summed E-state index contributed by atoms with van der Waals surface area (Å²) in [5.41, 5.74) is 0. The number of nitrogens with one attached hydrogen (secondary N) is 2. The Balaban J connectivity index is 2.25. The Bertz CT molecular complexity index is 232. The lowest BCUT2D eigenvalue weighted by molar-refractivity contribution is -0.122. The highest BCUT2D eigenvalue weighted by molar-refractivity contribution is 5.81. The van der Waals surface area contributed by atoms with Gasteiger partial charge in [-0.1, -0.05) is 13.0 Å². The SMILES string of the molecule is C=CCNC(=O)[C@H](C)NC1CCC(C)CC1. The smallest absolute Gasteiger partial charge is 0.237 e. The van der Waals surface area contributed by atoms with Gasteiger partial charge in [-0.2, -0.15) is 0 Å². The summed E-state index contributed by atoms with van der Waals surface area (Å²) in [6.07, 6.45) is 6.64. The van der Waals surface area contributed by atoms with Gasteiger partial charge in [0.2, 0.25) is 5.91 Å². The molecule has 2 N–H and O–H groups in total. The Morgan fingerprint density at radius 1 is 1.44 bits per heavy atom. The molecule has 1 amide bonds. The van der Waals surface area contributed by atoms with Crippen molar-refractivity contribution >= 4 is 5.91 Å². The predicted octanol–water partition coefficient (Wildman–Crippen LogP) is 1.85. The van der Waals surface area contributed by atoms with Crippen molar-refractivity contribution in [2.75, 3.05) is 6.54 Å². The minimum atomic E-state index is -0.0987. The monoisotopic (exact) mass is 224 g/mol. The highest BCUT2D eigenvalue weighted by Gasteiger charge is 2.21. The molecule has 92 valence electrons. The number of hydrogen-bond acceptors (Lipinski definition) is 2. The van der Waals surface area contributed by atoms with Crippen molar-refractivity contribution in [3.05, 3.63) is 12.7 Å². The highest BCUT2D eigenvalue weighted by Crippen LogP contribution is 2.23. The quantitative estimate of drug-likeness (QED) is 0.700. The largest absolute Gasteiger partial charge is 0.351 e. The summed E-state index contributed by atoms with van der Waals surface area (Å²) in [6, 6.07) is 0.416. The van der Waals surface area contributed by atoms with E-state index in [1.807, 2.05) is 6.92 Å². The van der Waals surface area contributed by atoms with Crippen LogP contribution in [0.25, 0.3) is 0 Å². The molecule has 0 spiro atoms. The van der Waals surface area contributed by atoms with Gasteiger partial charge in [-0.15, -0.1) is 6.58 Å². The Labute approximate surface area is 98.7 Å². The molecule has 0 aromatic carbocycles. The molecule has 0 heterocycles. The molecule has 0 saturated heterocycles. The van der Waals surface area contributed by atoms with Gasteiger partial charge in [0.1, 0.15) is 0 Å². The van der Waals surface area contributed by atoms with Crippen LogP contribution in [0.15, 0.2) is 12.7 Å². The molecule has 1 aliphatic rings. The minimum absolute atomic E-state index is 0.0681. The number of hydrogen-bond donors (Lipinski definition) is 2. The molecular formula is C13H24N2O. The van der Waals surface area contributed by atoms with Crippen molar-refractivity contribution < 1.29 is 4.79 Å². The molecule has 0 aromatic rings.